The Bertz CT molecular complexity index is 374. The number of rotatable bonds is 6. The Kier molecular flexibility index (Phi) is 6.93. The van der Waals surface area contributed by atoms with E-state index in [1.807, 2.05) is 0 Å². The average molecular weight is 309 g/mol. The Hall–Kier alpha value is -0.540. The molecule has 0 atom stereocenters. The van der Waals surface area contributed by atoms with Crippen LogP contribution in [0.3, 0.4) is 0 Å². The lowest BCUT2D eigenvalue weighted by Crippen LogP contribution is -2.27. The number of thioether (sulfide) groups is 1. The first kappa shape index (κ1) is 17.5. The van der Waals surface area contributed by atoms with Gasteiger partial charge in [-0.25, -0.2) is 17.6 Å². The van der Waals surface area contributed by atoms with Crippen LogP contribution < -0.4 is 5.73 Å². The van der Waals surface area contributed by atoms with Crippen molar-refractivity contribution in [2.45, 2.75) is 30.5 Å². The number of hydrogen-bond donors (Lipinski definition) is 1. The molecule has 2 N–H and O–H groups in total. The van der Waals surface area contributed by atoms with Gasteiger partial charge < -0.3 is 10.3 Å². The molecule has 0 amide bonds. The van der Waals surface area contributed by atoms with E-state index in [4.69, 9.17) is 5.73 Å². The molecular weight excluding hydrogens is 296 g/mol. The summed E-state index contributed by atoms with van der Waals surface area (Å²) >= 11 is 0.948. The second-order valence-electron chi connectivity index (χ2n) is 3.32. The zero-order valence-electron chi connectivity index (χ0n) is 9.45. The lowest BCUT2D eigenvalue weighted by Gasteiger charge is -2.14. The van der Waals surface area contributed by atoms with Crippen molar-refractivity contribution in [2.75, 3.05) is 5.75 Å². The first-order valence-corrected chi connectivity index (χ1v) is 5.74. The maximum absolute atomic E-state index is 12.6. The summed E-state index contributed by atoms with van der Waals surface area (Å²) in [5, 5.41) is 7.82. The van der Waals surface area contributed by atoms with Crippen molar-refractivity contribution in [3.8, 4) is 0 Å². The van der Waals surface area contributed by atoms with E-state index in [1.165, 1.54) is 0 Å². The lowest BCUT2D eigenvalue weighted by molar-refractivity contribution is -0.129. The third-order valence-corrected chi connectivity index (χ3v) is 3.12. The normalized spacial score (nSPS) is 11.7. The zero-order valence-corrected chi connectivity index (χ0v) is 11.1. The molecule has 18 heavy (non-hydrogen) atoms. The molecule has 0 saturated carbocycles. The van der Waals surface area contributed by atoms with Gasteiger partial charge in [0, 0.05) is 19.2 Å². The van der Waals surface area contributed by atoms with E-state index in [-0.39, 0.29) is 24.7 Å². The van der Waals surface area contributed by atoms with E-state index in [0.29, 0.717) is 11.0 Å². The Morgan fingerprint density at radius 2 is 2.00 bits per heavy atom. The van der Waals surface area contributed by atoms with Crippen molar-refractivity contribution in [3.05, 3.63) is 5.82 Å². The predicted molar refractivity (Wildman–Crippen MR) is 62.4 cm³/mol. The summed E-state index contributed by atoms with van der Waals surface area (Å²) in [5.74, 6) is -3.61. The second-order valence-corrected chi connectivity index (χ2v) is 4.38. The summed E-state index contributed by atoms with van der Waals surface area (Å²) in [4.78, 5) is 0. The minimum Gasteiger partial charge on any atom is -0.324 e. The molecule has 106 valence electrons. The summed E-state index contributed by atoms with van der Waals surface area (Å²) in [6, 6.07) is 0. The molecule has 0 saturated heterocycles. The van der Waals surface area contributed by atoms with Gasteiger partial charge in [0.1, 0.15) is 5.82 Å². The van der Waals surface area contributed by atoms with Gasteiger partial charge in [-0.1, -0.05) is 11.8 Å². The van der Waals surface area contributed by atoms with E-state index in [1.54, 1.807) is 11.6 Å². The number of alkyl halides is 4. The smallest absolute Gasteiger partial charge is 0.308 e. The summed E-state index contributed by atoms with van der Waals surface area (Å²) < 4.78 is 50.5. The van der Waals surface area contributed by atoms with Gasteiger partial charge in [0.25, 0.3) is 0 Å². The van der Waals surface area contributed by atoms with Gasteiger partial charge in [0.2, 0.25) is 0 Å². The molecule has 1 aromatic heterocycles. The summed E-state index contributed by atoms with van der Waals surface area (Å²) in [6.45, 7) is 0.178. The molecule has 0 unspecified atom stereocenters. The van der Waals surface area contributed by atoms with Gasteiger partial charge >= 0.3 is 12.3 Å². The Balaban J connectivity index is 0.00000289. The first-order chi connectivity index (χ1) is 7.88. The molecule has 0 spiro atoms. The number of nitrogens with zero attached hydrogens (tertiary/aromatic N) is 3. The largest absolute Gasteiger partial charge is 0.324 e. The number of nitrogens with two attached hydrogens (primary N) is 1. The van der Waals surface area contributed by atoms with Gasteiger partial charge in [0.05, 0.1) is 6.54 Å². The number of aromatic nitrogens is 3. The van der Waals surface area contributed by atoms with Crippen LogP contribution in [0, 0.1) is 0 Å². The maximum Gasteiger partial charge on any atom is 0.308 e. The summed E-state index contributed by atoms with van der Waals surface area (Å²) in [6.07, 6.45) is -4.54. The van der Waals surface area contributed by atoms with Gasteiger partial charge in [0.15, 0.2) is 5.16 Å². The van der Waals surface area contributed by atoms with E-state index < -0.39 is 18.8 Å². The molecule has 0 aliphatic carbocycles. The standard InChI is InChI=1S/C8H12F4N4S.ClH/c1-16-5(4-13)14-15-7(16)17-3-2-8(11,12)6(9)10;/h6H,2-4,13H2,1H3;1H. The van der Waals surface area contributed by atoms with Crippen LogP contribution >= 0.6 is 24.2 Å². The van der Waals surface area contributed by atoms with Crippen molar-refractivity contribution in [2.24, 2.45) is 12.8 Å². The Morgan fingerprint density at radius 3 is 2.44 bits per heavy atom. The third kappa shape index (κ3) is 4.29. The Morgan fingerprint density at radius 1 is 1.39 bits per heavy atom. The van der Waals surface area contributed by atoms with Crippen LogP contribution in [0.5, 0.6) is 0 Å². The van der Waals surface area contributed by atoms with Crippen molar-refractivity contribution in [1.29, 1.82) is 0 Å². The van der Waals surface area contributed by atoms with E-state index in [9.17, 15) is 17.6 Å². The minimum atomic E-state index is -3.96. The van der Waals surface area contributed by atoms with Gasteiger partial charge in [-0.15, -0.1) is 22.6 Å². The maximum atomic E-state index is 12.6. The molecular formula is C8H13ClF4N4S. The molecule has 4 nitrogen and oxygen atoms in total. The molecule has 0 aliphatic heterocycles. The third-order valence-electron chi connectivity index (χ3n) is 2.09. The average Bonchev–Trinajstić information content (AvgIpc) is 2.59. The molecule has 1 aromatic rings. The minimum absolute atomic E-state index is 0. The van der Waals surface area contributed by atoms with Crippen LogP contribution in [-0.4, -0.2) is 32.9 Å². The predicted octanol–water partition coefficient (Wildman–Crippen LogP) is 2.08. The van der Waals surface area contributed by atoms with Crippen LogP contribution in [0.4, 0.5) is 17.6 Å². The highest BCUT2D eigenvalue weighted by molar-refractivity contribution is 7.99. The highest BCUT2D eigenvalue weighted by Crippen LogP contribution is 2.29. The fourth-order valence-corrected chi connectivity index (χ4v) is 1.99. The fraction of sp³-hybridized carbons (Fsp3) is 0.750. The topological polar surface area (TPSA) is 56.7 Å². The van der Waals surface area contributed by atoms with Crippen LogP contribution in [0.25, 0.3) is 0 Å². The zero-order chi connectivity index (χ0) is 13.1. The molecule has 0 fully saturated rings. The molecule has 1 heterocycles. The molecule has 0 aromatic carbocycles. The van der Waals surface area contributed by atoms with Crippen LogP contribution in [0.1, 0.15) is 12.2 Å². The Labute approximate surface area is 112 Å². The number of halogens is 5. The van der Waals surface area contributed by atoms with Crippen LogP contribution in [-0.2, 0) is 13.6 Å². The molecule has 10 heteroatoms. The summed E-state index contributed by atoms with van der Waals surface area (Å²) in [5.41, 5.74) is 5.35. The SMILES string of the molecule is Cl.Cn1c(CN)nnc1SCCC(F)(F)C(F)F. The highest BCUT2D eigenvalue weighted by atomic mass is 35.5. The van der Waals surface area contributed by atoms with Gasteiger partial charge in [-0.3, -0.25) is 0 Å². The van der Waals surface area contributed by atoms with Gasteiger partial charge in [-0.2, -0.15) is 0 Å². The van der Waals surface area contributed by atoms with Crippen molar-refractivity contribution >= 4 is 24.2 Å². The van der Waals surface area contributed by atoms with E-state index in [0.717, 1.165) is 11.8 Å². The van der Waals surface area contributed by atoms with Crippen molar-refractivity contribution in [1.82, 2.24) is 14.8 Å². The quantitative estimate of drug-likeness (QED) is 0.646. The van der Waals surface area contributed by atoms with Crippen LogP contribution in [0.2, 0.25) is 0 Å². The monoisotopic (exact) mass is 308 g/mol. The highest BCUT2D eigenvalue weighted by Gasteiger charge is 2.39. The molecule has 0 aliphatic rings. The summed E-state index contributed by atoms with van der Waals surface area (Å²) in [7, 11) is 1.63. The van der Waals surface area contributed by atoms with Crippen molar-refractivity contribution in [3.63, 3.8) is 0 Å². The molecule has 0 bridgehead atoms. The first-order valence-electron chi connectivity index (χ1n) is 4.75. The van der Waals surface area contributed by atoms with Crippen molar-refractivity contribution < 1.29 is 17.6 Å². The molecule has 0 radical (unpaired) electrons. The molecule has 1 rings (SSSR count). The fourth-order valence-electron chi connectivity index (χ4n) is 1.04. The van der Waals surface area contributed by atoms with E-state index in [2.05, 4.69) is 10.2 Å². The lowest BCUT2D eigenvalue weighted by atomic mass is 10.3. The second kappa shape index (κ2) is 7.15. The van der Waals surface area contributed by atoms with E-state index >= 15 is 0 Å². The van der Waals surface area contributed by atoms with Gasteiger partial charge in [-0.05, 0) is 0 Å². The van der Waals surface area contributed by atoms with Crippen LogP contribution in [0.15, 0.2) is 5.16 Å². The number of hydrogen-bond acceptors (Lipinski definition) is 4.